The number of hydrogen-bond donors (Lipinski definition) is 1. The Balaban J connectivity index is 1.62. The van der Waals surface area contributed by atoms with Crippen LogP contribution in [0.15, 0.2) is 40.8 Å². The van der Waals surface area contributed by atoms with E-state index >= 15 is 0 Å². The topological polar surface area (TPSA) is 68.0 Å². The van der Waals surface area contributed by atoms with Crippen molar-refractivity contribution in [3.8, 4) is 11.5 Å². The normalized spacial score (nSPS) is 12.3. The van der Waals surface area contributed by atoms with Gasteiger partial charge in [-0.2, -0.15) is 4.37 Å². The number of anilines is 1. The average Bonchev–Trinajstić information content (AvgIpc) is 3.27. The Hall–Kier alpha value is -2.12. The largest absolute Gasteiger partial charge is 0.436 e. The lowest BCUT2D eigenvalue weighted by molar-refractivity contribution is -0.117. The van der Waals surface area contributed by atoms with Crippen LogP contribution in [-0.4, -0.2) is 15.3 Å². The Morgan fingerprint density at radius 3 is 2.69 bits per heavy atom. The number of fused-ring (bicyclic) bond motifs is 1. The van der Waals surface area contributed by atoms with E-state index in [4.69, 9.17) is 39.2 Å². The SMILES string of the molecule is Cc1nsc(NC(=O)C(C)c2ccc3oc(-c4cccc(Cl)c4Cl)nc3c2)c1Cl. The second-order valence-corrected chi connectivity index (χ2v) is 8.41. The third kappa shape index (κ3) is 3.85. The average molecular weight is 467 g/mol. The van der Waals surface area contributed by atoms with Crippen molar-refractivity contribution in [2.45, 2.75) is 19.8 Å². The van der Waals surface area contributed by atoms with E-state index in [-0.39, 0.29) is 5.91 Å². The van der Waals surface area contributed by atoms with Crippen molar-refractivity contribution >= 4 is 68.3 Å². The molecule has 1 amide bonds. The maximum absolute atomic E-state index is 12.7. The van der Waals surface area contributed by atoms with Crippen LogP contribution in [0.5, 0.6) is 0 Å². The highest BCUT2D eigenvalue weighted by Gasteiger charge is 2.20. The summed E-state index contributed by atoms with van der Waals surface area (Å²) in [6.07, 6.45) is 0. The number of amides is 1. The molecule has 0 aliphatic rings. The summed E-state index contributed by atoms with van der Waals surface area (Å²) in [6, 6.07) is 10.7. The van der Waals surface area contributed by atoms with Crippen molar-refractivity contribution in [1.29, 1.82) is 0 Å². The van der Waals surface area contributed by atoms with Gasteiger partial charge in [-0.25, -0.2) is 4.98 Å². The summed E-state index contributed by atoms with van der Waals surface area (Å²) in [5.41, 5.74) is 3.31. The molecule has 2 aromatic carbocycles. The number of hydrogen-bond acceptors (Lipinski definition) is 5. The molecule has 5 nitrogen and oxygen atoms in total. The molecule has 0 bridgehead atoms. The van der Waals surface area contributed by atoms with Gasteiger partial charge < -0.3 is 9.73 Å². The summed E-state index contributed by atoms with van der Waals surface area (Å²) in [5, 5.41) is 4.64. The maximum Gasteiger partial charge on any atom is 0.232 e. The summed E-state index contributed by atoms with van der Waals surface area (Å²) in [4.78, 5) is 17.2. The zero-order valence-electron chi connectivity index (χ0n) is 15.3. The van der Waals surface area contributed by atoms with Gasteiger partial charge in [-0.15, -0.1) is 0 Å². The first kappa shape index (κ1) is 20.2. The third-order valence-corrected chi connectivity index (χ3v) is 6.76. The van der Waals surface area contributed by atoms with Crippen LogP contribution in [0.2, 0.25) is 15.1 Å². The molecule has 0 spiro atoms. The van der Waals surface area contributed by atoms with E-state index < -0.39 is 5.92 Å². The summed E-state index contributed by atoms with van der Waals surface area (Å²) in [7, 11) is 0. The number of rotatable bonds is 4. The molecule has 2 heterocycles. The number of nitrogens with zero attached hydrogens (tertiary/aromatic N) is 2. The van der Waals surface area contributed by atoms with Crippen molar-refractivity contribution in [2.24, 2.45) is 0 Å². The summed E-state index contributed by atoms with van der Waals surface area (Å²) in [5.74, 6) is -0.238. The van der Waals surface area contributed by atoms with Gasteiger partial charge in [-0.05, 0) is 55.2 Å². The highest BCUT2D eigenvalue weighted by Crippen LogP contribution is 2.35. The smallest absolute Gasteiger partial charge is 0.232 e. The Kier molecular flexibility index (Phi) is 5.53. The number of carbonyl (C=O) groups excluding carboxylic acids is 1. The minimum Gasteiger partial charge on any atom is -0.436 e. The molecule has 0 saturated carbocycles. The Bertz CT molecular complexity index is 1240. The second kappa shape index (κ2) is 7.95. The molecule has 0 saturated heterocycles. The van der Waals surface area contributed by atoms with Crippen LogP contribution in [0.1, 0.15) is 24.1 Å². The van der Waals surface area contributed by atoms with Crippen LogP contribution in [-0.2, 0) is 4.79 Å². The molecule has 1 unspecified atom stereocenters. The molecule has 0 aliphatic heterocycles. The van der Waals surface area contributed by atoms with Gasteiger partial charge in [0.2, 0.25) is 11.8 Å². The van der Waals surface area contributed by atoms with Crippen LogP contribution in [0.3, 0.4) is 0 Å². The fourth-order valence-electron chi connectivity index (χ4n) is 2.81. The lowest BCUT2D eigenvalue weighted by Crippen LogP contribution is -2.18. The highest BCUT2D eigenvalue weighted by molar-refractivity contribution is 7.11. The predicted molar refractivity (Wildman–Crippen MR) is 118 cm³/mol. The Labute approximate surface area is 185 Å². The van der Waals surface area contributed by atoms with Crippen LogP contribution in [0, 0.1) is 6.92 Å². The van der Waals surface area contributed by atoms with Crippen molar-refractivity contribution < 1.29 is 9.21 Å². The highest BCUT2D eigenvalue weighted by atomic mass is 35.5. The molecule has 0 radical (unpaired) electrons. The first-order chi connectivity index (χ1) is 13.8. The first-order valence-electron chi connectivity index (χ1n) is 8.62. The van der Waals surface area contributed by atoms with Crippen molar-refractivity contribution in [3.05, 3.63) is 62.7 Å². The van der Waals surface area contributed by atoms with E-state index in [0.29, 0.717) is 48.3 Å². The molecule has 9 heteroatoms. The number of benzene rings is 2. The molecular formula is C20H14Cl3N3O2S. The summed E-state index contributed by atoms with van der Waals surface area (Å²) < 4.78 is 9.96. The van der Waals surface area contributed by atoms with Gasteiger partial charge >= 0.3 is 0 Å². The number of aromatic nitrogens is 2. The van der Waals surface area contributed by atoms with E-state index in [9.17, 15) is 4.79 Å². The van der Waals surface area contributed by atoms with Gasteiger partial charge in [-0.1, -0.05) is 46.9 Å². The van der Waals surface area contributed by atoms with Crippen molar-refractivity contribution in [3.63, 3.8) is 0 Å². The predicted octanol–water partition coefficient (Wildman–Crippen LogP) is 6.96. The first-order valence-corrected chi connectivity index (χ1v) is 10.5. The molecule has 4 rings (SSSR count). The van der Waals surface area contributed by atoms with Gasteiger partial charge in [0.05, 0.1) is 32.2 Å². The zero-order chi connectivity index (χ0) is 20.7. The van der Waals surface area contributed by atoms with Gasteiger partial charge in [0.25, 0.3) is 0 Å². The Morgan fingerprint density at radius 2 is 1.97 bits per heavy atom. The minimum atomic E-state index is -0.423. The lowest BCUT2D eigenvalue weighted by atomic mass is 10.00. The maximum atomic E-state index is 12.7. The molecule has 0 aliphatic carbocycles. The number of oxazole rings is 1. The number of halogens is 3. The third-order valence-electron chi connectivity index (χ3n) is 4.51. The fraction of sp³-hybridized carbons (Fsp3) is 0.150. The van der Waals surface area contributed by atoms with Crippen molar-refractivity contribution in [2.75, 3.05) is 5.32 Å². The molecule has 148 valence electrons. The molecule has 0 fully saturated rings. The standard InChI is InChI=1S/C20H14Cl3N3O2S/c1-9(18(27)25-20-16(22)10(2)26-29-20)11-6-7-15-14(8-11)24-19(28-15)12-4-3-5-13(21)17(12)23/h3-9H,1-2H3,(H,25,27). The summed E-state index contributed by atoms with van der Waals surface area (Å²) in [6.45, 7) is 3.60. The number of aryl methyl sites for hydroxylation is 1. The van der Waals surface area contributed by atoms with Crippen LogP contribution >= 0.6 is 46.3 Å². The van der Waals surface area contributed by atoms with Gasteiger partial charge in [0.15, 0.2) is 5.58 Å². The Morgan fingerprint density at radius 1 is 1.17 bits per heavy atom. The minimum absolute atomic E-state index is 0.184. The molecule has 29 heavy (non-hydrogen) atoms. The lowest BCUT2D eigenvalue weighted by Gasteiger charge is -2.11. The molecule has 2 aromatic heterocycles. The van der Waals surface area contributed by atoms with Gasteiger partial charge in [-0.3, -0.25) is 4.79 Å². The van der Waals surface area contributed by atoms with Crippen LogP contribution in [0.4, 0.5) is 5.00 Å². The zero-order valence-corrected chi connectivity index (χ0v) is 18.4. The monoisotopic (exact) mass is 465 g/mol. The molecular weight excluding hydrogens is 453 g/mol. The number of nitrogens with one attached hydrogen (secondary N) is 1. The molecule has 1 N–H and O–H groups in total. The van der Waals surface area contributed by atoms with Crippen LogP contribution < -0.4 is 5.32 Å². The summed E-state index contributed by atoms with van der Waals surface area (Å²) >= 11 is 19.7. The van der Waals surface area contributed by atoms with Gasteiger partial charge in [0.1, 0.15) is 10.5 Å². The molecule has 4 aromatic rings. The van der Waals surface area contributed by atoms with E-state index in [2.05, 4.69) is 14.7 Å². The molecule has 1 atom stereocenters. The van der Waals surface area contributed by atoms with Crippen LogP contribution in [0.25, 0.3) is 22.6 Å². The van der Waals surface area contributed by atoms with E-state index in [0.717, 1.165) is 17.1 Å². The quantitative estimate of drug-likeness (QED) is 0.353. The number of carbonyl (C=O) groups is 1. The van der Waals surface area contributed by atoms with E-state index in [1.54, 1.807) is 31.2 Å². The van der Waals surface area contributed by atoms with Crippen molar-refractivity contribution in [1.82, 2.24) is 9.36 Å². The van der Waals surface area contributed by atoms with Gasteiger partial charge in [0, 0.05) is 0 Å². The van der Waals surface area contributed by atoms with E-state index in [1.807, 2.05) is 19.1 Å². The van der Waals surface area contributed by atoms with E-state index in [1.165, 1.54) is 0 Å². The fourth-order valence-corrected chi connectivity index (χ4v) is 4.12. The second-order valence-electron chi connectivity index (χ2n) is 6.47.